The molecule has 112 valence electrons. The molecule has 1 amide bonds. The lowest BCUT2D eigenvalue weighted by molar-refractivity contribution is 0.0940. The first-order chi connectivity index (χ1) is 10.0. The van der Waals surface area contributed by atoms with Gasteiger partial charge in [0, 0.05) is 13.5 Å². The van der Waals surface area contributed by atoms with Crippen LogP contribution >= 0.6 is 0 Å². The first-order valence-electron chi connectivity index (χ1n) is 7.02. The van der Waals surface area contributed by atoms with Gasteiger partial charge in [-0.25, -0.2) is 13.9 Å². The quantitative estimate of drug-likeness (QED) is 0.900. The normalized spacial score (nSPS) is 20.8. The van der Waals surface area contributed by atoms with Gasteiger partial charge in [0.15, 0.2) is 11.3 Å². The maximum Gasteiger partial charge on any atom is 0.271 e. The number of carbonyl (C=O) groups is 1. The van der Waals surface area contributed by atoms with Crippen molar-refractivity contribution in [3.05, 3.63) is 23.7 Å². The van der Waals surface area contributed by atoms with Crippen LogP contribution in [-0.2, 0) is 0 Å². The summed E-state index contributed by atoms with van der Waals surface area (Å²) in [5, 5.41) is 10.2. The molecular weight excluding hydrogens is 273 g/mol. The number of nitrogens with one attached hydrogen (secondary N) is 2. The Balaban J connectivity index is 2.02. The van der Waals surface area contributed by atoms with Crippen LogP contribution < -0.4 is 10.6 Å². The second kappa shape index (κ2) is 4.98. The van der Waals surface area contributed by atoms with Gasteiger partial charge in [-0.15, -0.1) is 0 Å². The van der Waals surface area contributed by atoms with Crippen molar-refractivity contribution in [2.45, 2.75) is 38.4 Å². The van der Waals surface area contributed by atoms with Crippen LogP contribution in [0.2, 0.25) is 0 Å². The Hall–Kier alpha value is -2.18. The summed E-state index contributed by atoms with van der Waals surface area (Å²) < 4.78 is 14.4. The molecule has 0 aliphatic heterocycles. The summed E-state index contributed by atoms with van der Waals surface area (Å²) in [6.07, 6.45) is 0.924. The number of hydrogen-bond acceptors (Lipinski definition) is 4. The van der Waals surface area contributed by atoms with Crippen LogP contribution in [0.5, 0.6) is 0 Å². The van der Waals surface area contributed by atoms with Gasteiger partial charge in [0.05, 0.1) is 23.6 Å². The second-order valence-corrected chi connectivity index (χ2v) is 5.60. The predicted octanol–water partition coefficient (Wildman–Crippen LogP) is 1.73. The van der Waals surface area contributed by atoms with Crippen molar-refractivity contribution < 1.29 is 9.18 Å². The predicted molar refractivity (Wildman–Crippen MR) is 77.4 cm³/mol. The van der Waals surface area contributed by atoms with E-state index in [-0.39, 0.29) is 17.9 Å². The number of fused-ring (bicyclic) bond motifs is 1. The topological polar surface area (TPSA) is 71.3 Å². The third-order valence-electron chi connectivity index (χ3n) is 3.61. The smallest absolute Gasteiger partial charge is 0.271 e. The van der Waals surface area contributed by atoms with Crippen molar-refractivity contribution >= 4 is 17.2 Å². The lowest BCUT2D eigenvalue weighted by atomic mass is 10.1. The minimum absolute atomic E-state index is 0.221. The molecule has 1 fully saturated rings. The Labute approximate surface area is 121 Å². The minimum Gasteiger partial charge on any atom is -0.385 e. The van der Waals surface area contributed by atoms with E-state index < -0.39 is 6.17 Å². The lowest BCUT2D eigenvalue weighted by Gasteiger charge is -2.10. The SMILES string of the molecule is CNc1cc(C(C)C)nn2c(C(=O)NC3CC3F)cnc12. The Bertz CT molecular complexity index is 696. The summed E-state index contributed by atoms with van der Waals surface area (Å²) in [4.78, 5) is 16.4. The summed E-state index contributed by atoms with van der Waals surface area (Å²) >= 11 is 0. The first kappa shape index (κ1) is 13.8. The summed E-state index contributed by atoms with van der Waals surface area (Å²) in [6.45, 7) is 4.06. The average molecular weight is 291 g/mol. The van der Waals surface area contributed by atoms with E-state index in [1.807, 2.05) is 19.9 Å². The van der Waals surface area contributed by atoms with Crippen LogP contribution in [0.1, 0.15) is 42.4 Å². The Kier molecular flexibility index (Phi) is 3.27. The van der Waals surface area contributed by atoms with Gasteiger partial charge < -0.3 is 10.6 Å². The first-order valence-corrected chi connectivity index (χ1v) is 7.02. The molecule has 2 atom stereocenters. The zero-order valence-electron chi connectivity index (χ0n) is 12.2. The van der Waals surface area contributed by atoms with Crippen LogP contribution in [0.3, 0.4) is 0 Å². The highest BCUT2D eigenvalue weighted by Crippen LogP contribution is 2.26. The number of imidazole rings is 1. The number of rotatable bonds is 4. The van der Waals surface area contributed by atoms with Gasteiger partial charge in [-0.1, -0.05) is 13.8 Å². The van der Waals surface area contributed by atoms with Crippen molar-refractivity contribution in [1.29, 1.82) is 0 Å². The van der Waals surface area contributed by atoms with Gasteiger partial charge in [0.2, 0.25) is 0 Å². The molecule has 2 aromatic rings. The van der Waals surface area contributed by atoms with Gasteiger partial charge in [-0.05, 0) is 12.0 Å². The molecule has 0 saturated heterocycles. The summed E-state index contributed by atoms with van der Waals surface area (Å²) in [7, 11) is 1.80. The Morgan fingerprint density at radius 1 is 1.52 bits per heavy atom. The molecule has 21 heavy (non-hydrogen) atoms. The molecule has 0 aromatic carbocycles. The number of alkyl halides is 1. The van der Waals surface area contributed by atoms with E-state index in [2.05, 4.69) is 20.7 Å². The standard InChI is InChI=1S/C14H18FN5O/c1-7(2)9-5-11(16-3)13-17-6-12(20(13)19-9)14(21)18-10-4-8(10)15/h5-8,10,16H,4H2,1-3H3,(H,18,21). The molecule has 1 aliphatic rings. The van der Waals surface area contributed by atoms with Gasteiger partial charge in [-0.3, -0.25) is 4.79 Å². The third-order valence-corrected chi connectivity index (χ3v) is 3.61. The average Bonchev–Trinajstić information content (AvgIpc) is 2.99. The Morgan fingerprint density at radius 2 is 2.24 bits per heavy atom. The number of aromatic nitrogens is 3. The minimum atomic E-state index is -0.930. The van der Waals surface area contributed by atoms with Crippen molar-refractivity contribution in [3.8, 4) is 0 Å². The molecular formula is C14H18FN5O. The number of halogens is 1. The van der Waals surface area contributed by atoms with Crippen LogP contribution in [0.4, 0.5) is 10.1 Å². The molecule has 2 N–H and O–H groups in total. The molecule has 7 heteroatoms. The van der Waals surface area contributed by atoms with E-state index in [1.165, 1.54) is 10.7 Å². The van der Waals surface area contributed by atoms with Crippen molar-refractivity contribution in [2.75, 3.05) is 12.4 Å². The van der Waals surface area contributed by atoms with Gasteiger partial charge in [0.1, 0.15) is 6.17 Å². The number of carbonyl (C=O) groups excluding carboxylic acids is 1. The van der Waals surface area contributed by atoms with Gasteiger partial charge in [-0.2, -0.15) is 5.10 Å². The molecule has 2 heterocycles. The highest BCUT2D eigenvalue weighted by atomic mass is 19.1. The van der Waals surface area contributed by atoms with Crippen molar-refractivity contribution in [3.63, 3.8) is 0 Å². The molecule has 1 saturated carbocycles. The van der Waals surface area contributed by atoms with Crippen molar-refractivity contribution in [1.82, 2.24) is 19.9 Å². The number of hydrogen-bond donors (Lipinski definition) is 2. The fourth-order valence-corrected chi connectivity index (χ4v) is 2.16. The van der Waals surface area contributed by atoms with Crippen molar-refractivity contribution in [2.24, 2.45) is 0 Å². The molecule has 6 nitrogen and oxygen atoms in total. The number of amides is 1. The van der Waals surface area contributed by atoms with E-state index in [9.17, 15) is 9.18 Å². The van der Waals surface area contributed by atoms with E-state index >= 15 is 0 Å². The van der Waals surface area contributed by atoms with E-state index in [1.54, 1.807) is 7.05 Å². The van der Waals surface area contributed by atoms with E-state index in [0.29, 0.717) is 17.8 Å². The molecule has 2 aromatic heterocycles. The van der Waals surface area contributed by atoms with E-state index in [4.69, 9.17) is 0 Å². The summed E-state index contributed by atoms with van der Waals surface area (Å²) in [6, 6.07) is 1.55. The maximum atomic E-state index is 12.9. The highest BCUT2D eigenvalue weighted by Gasteiger charge is 2.39. The zero-order valence-corrected chi connectivity index (χ0v) is 12.2. The van der Waals surface area contributed by atoms with Crippen LogP contribution in [0, 0.1) is 0 Å². The molecule has 2 unspecified atom stereocenters. The maximum absolute atomic E-state index is 12.9. The number of anilines is 1. The van der Waals surface area contributed by atoms with Crippen LogP contribution in [0.25, 0.3) is 5.65 Å². The molecule has 0 spiro atoms. The largest absolute Gasteiger partial charge is 0.385 e. The van der Waals surface area contributed by atoms with Crippen LogP contribution in [-0.4, -0.2) is 39.8 Å². The lowest BCUT2D eigenvalue weighted by Crippen LogP contribution is -2.28. The third kappa shape index (κ3) is 2.43. The Morgan fingerprint density at radius 3 is 2.81 bits per heavy atom. The second-order valence-electron chi connectivity index (χ2n) is 5.60. The van der Waals surface area contributed by atoms with Gasteiger partial charge >= 0.3 is 0 Å². The molecule has 1 aliphatic carbocycles. The van der Waals surface area contributed by atoms with Gasteiger partial charge in [0.25, 0.3) is 5.91 Å². The monoisotopic (exact) mass is 291 g/mol. The fourth-order valence-electron chi connectivity index (χ4n) is 2.16. The summed E-state index contributed by atoms with van der Waals surface area (Å²) in [5.41, 5.74) is 2.57. The van der Waals surface area contributed by atoms with Crippen LogP contribution in [0.15, 0.2) is 12.3 Å². The highest BCUT2D eigenvalue weighted by molar-refractivity contribution is 5.94. The molecule has 3 rings (SSSR count). The molecule has 0 bridgehead atoms. The summed E-state index contributed by atoms with van der Waals surface area (Å²) in [5.74, 6) is -0.124. The van der Waals surface area contributed by atoms with E-state index in [0.717, 1.165) is 11.4 Å². The number of nitrogens with zero attached hydrogens (tertiary/aromatic N) is 3. The molecule has 0 radical (unpaired) electrons. The zero-order chi connectivity index (χ0) is 15.1. The fraction of sp³-hybridized carbons (Fsp3) is 0.500.